The maximum Gasteiger partial charge on any atom is 0.412 e. The molecule has 1 amide bonds. The van der Waals surface area contributed by atoms with Gasteiger partial charge < -0.3 is 14.2 Å². The average molecular weight is 244 g/mol. The average Bonchev–Trinajstić information content (AvgIpc) is 2.14. The predicted octanol–water partition coefficient (Wildman–Crippen LogP) is -0.129. The van der Waals surface area contributed by atoms with Crippen molar-refractivity contribution in [3.05, 3.63) is 23.8 Å². The van der Waals surface area contributed by atoms with Crippen LogP contribution < -0.4 is 19.4 Å². The Kier molecular flexibility index (Phi) is 2.44. The monoisotopic (exact) mass is 244 g/mol. The SMILES string of the molecule is NS(=O)(=O)Oc1ccc2c(c1)OC(=O)NC2. The molecule has 0 atom stereocenters. The Balaban J connectivity index is 2.31. The number of benzene rings is 1. The fourth-order valence-corrected chi connectivity index (χ4v) is 1.64. The van der Waals surface area contributed by atoms with Crippen LogP contribution in [0.1, 0.15) is 5.56 Å². The Bertz CT molecular complexity index is 539. The van der Waals surface area contributed by atoms with E-state index in [4.69, 9.17) is 9.88 Å². The molecule has 1 aromatic carbocycles. The number of carbonyl (C=O) groups excluding carboxylic acids is 1. The number of carbonyl (C=O) groups is 1. The van der Waals surface area contributed by atoms with Crippen molar-refractivity contribution in [1.82, 2.24) is 5.32 Å². The number of amides is 1. The summed E-state index contributed by atoms with van der Waals surface area (Å²) >= 11 is 0. The van der Waals surface area contributed by atoms with E-state index in [0.29, 0.717) is 6.54 Å². The molecule has 1 aliphatic rings. The fourth-order valence-electron chi connectivity index (χ4n) is 1.27. The second-order valence-electron chi connectivity index (χ2n) is 3.09. The molecular weight excluding hydrogens is 236 g/mol. The normalized spacial score (nSPS) is 14.7. The third-order valence-electron chi connectivity index (χ3n) is 1.88. The molecule has 16 heavy (non-hydrogen) atoms. The Morgan fingerprint density at radius 3 is 2.88 bits per heavy atom. The van der Waals surface area contributed by atoms with E-state index >= 15 is 0 Å². The summed E-state index contributed by atoms with van der Waals surface area (Å²) in [6.45, 7) is 0.323. The van der Waals surface area contributed by atoms with E-state index in [9.17, 15) is 13.2 Å². The van der Waals surface area contributed by atoms with E-state index in [1.165, 1.54) is 12.1 Å². The lowest BCUT2D eigenvalue weighted by Crippen LogP contribution is -2.31. The Morgan fingerprint density at radius 1 is 1.44 bits per heavy atom. The van der Waals surface area contributed by atoms with Crippen molar-refractivity contribution < 1.29 is 22.1 Å². The van der Waals surface area contributed by atoms with Crippen molar-refractivity contribution in [2.24, 2.45) is 5.14 Å². The van der Waals surface area contributed by atoms with Gasteiger partial charge in [0, 0.05) is 18.2 Å². The number of ether oxygens (including phenoxy) is 1. The molecule has 0 radical (unpaired) electrons. The quantitative estimate of drug-likeness (QED) is 0.753. The van der Waals surface area contributed by atoms with E-state index in [-0.39, 0.29) is 11.5 Å². The minimum absolute atomic E-state index is 0.00375. The molecular formula is C8H8N2O5S. The molecule has 0 fully saturated rings. The number of nitrogens with one attached hydrogen (secondary N) is 1. The third kappa shape index (κ3) is 2.41. The van der Waals surface area contributed by atoms with E-state index in [2.05, 4.69) is 9.50 Å². The lowest BCUT2D eigenvalue weighted by atomic mass is 10.2. The molecule has 7 nitrogen and oxygen atoms in total. The lowest BCUT2D eigenvalue weighted by molar-refractivity contribution is 0.194. The van der Waals surface area contributed by atoms with Gasteiger partial charge in [0.25, 0.3) is 0 Å². The van der Waals surface area contributed by atoms with Crippen LogP contribution in [0.2, 0.25) is 0 Å². The fraction of sp³-hybridized carbons (Fsp3) is 0.125. The van der Waals surface area contributed by atoms with Crippen LogP contribution in [0, 0.1) is 0 Å². The van der Waals surface area contributed by atoms with Crippen LogP contribution in [-0.4, -0.2) is 14.5 Å². The van der Waals surface area contributed by atoms with Gasteiger partial charge in [-0.15, -0.1) is 0 Å². The minimum Gasteiger partial charge on any atom is -0.410 e. The molecule has 0 aliphatic carbocycles. The molecule has 0 saturated carbocycles. The molecule has 0 aromatic heterocycles. The zero-order valence-corrected chi connectivity index (χ0v) is 8.78. The largest absolute Gasteiger partial charge is 0.412 e. The van der Waals surface area contributed by atoms with Crippen molar-refractivity contribution >= 4 is 16.4 Å². The summed E-state index contributed by atoms with van der Waals surface area (Å²) in [4.78, 5) is 10.9. The number of rotatable bonds is 2. The van der Waals surface area contributed by atoms with E-state index < -0.39 is 16.4 Å². The molecule has 86 valence electrons. The number of nitrogens with two attached hydrogens (primary N) is 1. The zero-order valence-electron chi connectivity index (χ0n) is 7.97. The number of hydrogen-bond acceptors (Lipinski definition) is 5. The highest BCUT2D eigenvalue weighted by molar-refractivity contribution is 7.84. The van der Waals surface area contributed by atoms with Gasteiger partial charge in [0.15, 0.2) is 0 Å². The van der Waals surface area contributed by atoms with Gasteiger partial charge in [0.1, 0.15) is 11.5 Å². The van der Waals surface area contributed by atoms with Crippen LogP contribution in [0.5, 0.6) is 11.5 Å². The molecule has 1 aliphatic heterocycles. The van der Waals surface area contributed by atoms with Gasteiger partial charge in [-0.3, -0.25) is 0 Å². The summed E-state index contributed by atoms with van der Waals surface area (Å²) in [5.41, 5.74) is 0.723. The Morgan fingerprint density at radius 2 is 2.19 bits per heavy atom. The molecule has 1 heterocycles. The predicted molar refractivity (Wildman–Crippen MR) is 53.0 cm³/mol. The highest BCUT2D eigenvalue weighted by Crippen LogP contribution is 2.27. The van der Waals surface area contributed by atoms with Gasteiger partial charge in [-0.2, -0.15) is 13.6 Å². The van der Waals surface area contributed by atoms with E-state index in [1.54, 1.807) is 6.07 Å². The van der Waals surface area contributed by atoms with Crippen molar-refractivity contribution in [2.75, 3.05) is 0 Å². The van der Waals surface area contributed by atoms with Gasteiger partial charge in [-0.05, 0) is 12.1 Å². The molecule has 1 aromatic rings. The molecule has 0 saturated heterocycles. The summed E-state index contributed by atoms with van der Waals surface area (Å²) in [5, 5.41) is 7.16. The molecule has 2 rings (SSSR count). The molecule has 0 unspecified atom stereocenters. The smallest absolute Gasteiger partial charge is 0.410 e. The maximum atomic E-state index is 10.9. The molecule has 0 bridgehead atoms. The van der Waals surface area contributed by atoms with Crippen molar-refractivity contribution in [1.29, 1.82) is 0 Å². The summed E-state index contributed by atoms with van der Waals surface area (Å²) in [6, 6.07) is 4.29. The molecule has 0 spiro atoms. The van der Waals surface area contributed by atoms with Gasteiger partial charge >= 0.3 is 16.4 Å². The van der Waals surface area contributed by atoms with Crippen molar-refractivity contribution in [2.45, 2.75) is 6.54 Å². The van der Waals surface area contributed by atoms with Crippen LogP contribution >= 0.6 is 0 Å². The van der Waals surface area contributed by atoms with Crippen LogP contribution in [0.15, 0.2) is 18.2 Å². The minimum atomic E-state index is -4.07. The topological polar surface area (TPSA) is 108 Å². The second-order valence-corrected chi connectivity index (χ2v) is 4.24. The molecule has 8 heteroatoms. The first-order valence-corrected chi connectivity index (χ1v) is 5.72. The summed E-state index contributed by atoms with van der Waals surface area (Å²) in [7, 11) is -4.07. The highest BCUT2D eigenvalue weighted by atomic mass is 32.2. The van der Waals surface area contributed by atoms with Crippen LogP contribution in [0.3, 0.4) is 0 Å². The van der Waals surface area contributed by atoms with E-state index in [0.717, 1.165) is 5.56 Å². The van der Waals surface area contributed by atoms with Crippen LogP contribution in [0.25, 0.3) is 0 Å². The lowest BCUT2D eigenvalue weighted by Gasteiger charge is -2.17. The first kappa shape index (κ1) is 10.7. The first-order chi connectivity index (χ1) is 7.44. The summed E-state index contributed by atoms with van der Waals surface area (Å²) < 4.78 is 30.6. The maximum absolute atomic E-state index is 10.9. The standard InChI is InChI=1S/C8H8N2O5S/c9-16(12,13)15-6-2-1-5-4-10-8(11)14-7(5)3-6/h1-3H,4H2,(H,10,11)(H2,9,12,13). The van der Waals surface area contributed by atoms with Gasteiger partial charge in [0.05, 0.1) is 0 Å². The van der Waals surface area contributed by atoms with Gasteiger partial charge in [-0.1, -0.05) is 0 Å². The Hall–Kier alpha value is -1.80. The first-order valence-electron chi connectivity index (χ1n) is 4.25. The van der Waals surface area contributed by atoms with Crippen LogP contribution in [0.4, 0.5) is 4.79 Å². The number of fused-ring (bicyclic) bond motifs is 1. The summed E-state index contributed by atoms with van der Waals surface area (Å²) in [5.74, 6) is 0.251. The third-order valence-corrected chi connectivity index (χ3v) is 2.30. The second kappa shape index (κ2) is 3.65. The van der Waals surface area contributed by atoms with Crippen molar-refractivity contribution in [3.63, 3.8) is 0 Å². The number of hydrogen-bond donors (Lipinski definition) is 2. The van der Waals surface area contributed by atoms with Gasteiger partial charge in [0.2, 0.25) is 0 Å². The van der Waals surface area contributed by atoms with Gasteiger partial charge in [-0.25, -0.2) is 4.79 Å². The highest BCUT2D eigenvalue weighted by Gasteiger charge is 2.17. The summed E-state index contributed by atoms with van der Waals surface area (Å²) in [6.07, 6.45) is -0.597. The Labute approximate surface area is 91.4 Å². The van der Waals surface area contributed by atoms with Crippen LogP contribution in [-0.2, 0) is 16.8 Å². The van der Waals surface area contributed by atoms with E-state index in [1.807, 2.05) is 0 Å². The van der Waals surface area contributed by atoms with Crippen molar-refractivity contribution in [3.8, 4) is 11.5 Å². The molecule has 3 N–H and O–H groups in total. The zero-order chi connectivity index (χ0) is 11.8.